The van der Waals surface area contributed by atoms with Crippen molar-refractivity contribution in [2.24, 2.45) is 0 Å². The lowest BCUT2D eigenvalue weighted by Crippen LogP contribution is -1.99. The zero-order valence-corrected chi connectivity index (χ0v) is 11.0. The van der Waals surface area contributed by atoms with Crippen molar-refractivity contribution in [3.8, 4) is 0 Å². The first-order chi connectivity index (χ1) is 9.66. The fourth-order valence-electron chi connectivity index (χ4n) is 2.33. The summed E-state index contributed by atoms with van der Waals surface area (Å²) in [6.45, 7) is 2.05. The third-order valence-corrected chi connectivity index (χ3v) is 3.47. The standard InChI is InChI=1S/C16H14N2O2/c1-10(11-6-3-2-4-7-11)15-17-13-9-5-8-12(16(19)20)14(13)18-15/h2-10H,1H3,(H,17,18)(H,19,20). The van der Waals surface area contributed by atoms with Gasteiger partial charge in [-0.3, -0.25) is 0 Å². The van der Waals surface area contributed by atoms with Crippen LogP contribution in [0.3, 0.4) is 0 Å². The van der Waals surface area contributed by atoms with E-state index in [2.05, 4.69) is 9.97 Å². The predicted octanol–water partition coefficient (Wildman–Crippen LogP) is 3.41. The summed E-state index contributed by atoms with van der Waals surface area (Å²) in [6.07, 6.45) is 0. The molecule has 1 atom stereocenters. The van der Waals surface area contributed by atoms with Gasteiger partial charge in [0.05, 0.1) is 11.1 Å². The van der Waals surface area contributed by atoms with Crippen LogP contribution < -0.4 is 0 Å². The maximum atomic E-state index is 11.2. The smallest absolute Gasteiger partial charge is 0.337 e. The molecule has 0 saturated heterocycles. The lowest BCUT2D eigenvalue weighted by molar-refractivity contribution is 0.0699. The van der Waals surface area contributed by atoms with E-state index in [9.17, 15) is 9.90 Å². The molecule has 0 fully saturated rings. The van der Waals surface area contributed by atoms with Crippen LogP contribution in [0.5, 0.6) is 0 Å². The van der Waals surface area contributed by atoms with Crippen molar-refractivity contribution in [1.29, 1.82) is 0 Å². The van der Waals surface area contributed by atoms with Crippen LogP contribution in [0.25, 0.3) is 11.0 Å². The maximum Gasteiger partial charge on any atom is 0.337 e. The average molecular weight is 266 g/mol. The molecule has 20 heavy (non-hydrogen) atoms. The third kappa shape index (κ3) is 2.05. The number of rotatable bonds is 3. The lowest BCUT2D eigenvalue weighted by Gasteiger charge is -2.07. The summed E-state index contributed by atoms with van der Waals surface area (Å²) in [4.78, 5) is 18.9. The highest BCUT2D eigenvalue weighted by molar-refractivity contribution is 6.00. The Morgan fingerprint density at radius 2 is 1.90 bits per heavy atom. The van der Waals surface area contributed by atoms with Gasteiger partial charge in [0, 0.05) is 5.92 Å². The summed E-state index contributed by atoms with van der Waals surface area (Å²) < 4.78 is 0. The van der Waals surface area contributed by atoms with Gasteiger partial charge in [0.2, 0.25) is 0 Å². The number of nitrogens with zero attached hydrogens (tertiary/aromatic N) is 1. The number of imidazole rings is 1. The molecule has 0 saturated carbocycles. The van der Waals surface area contributed by atoms with Crippen LogP contribution in [0.2, 0.25) is 0 Å². The molecule has 0 bridgehead atoms. The first kappa shape index (κ1) is 12.4. The number of carboxylic acid groups (broad SMARTS) is 1. The van der Waals surface area contributed by atoms with Crippen molar-refractivity contribution in [2.45, 2.75) is 12.8 Å². The fraction of sp³-hybridized carbons (Fsp3) is 0.125. The van der Waals surface area contributed by atoms with Crippen LogP contribution >= 0.6 is 0 Å². The van der Waals surface area contributed by atoms with Crippen LogP contribution in [0.1, 0.15) is 34.6 Å². The Morgan fingerprint density at radius 3 is 2.60 bits per heavy atom. The molecule has 0 aliphatic rings. The Labute approximate surface area is 116 Å². The number of H-pyrrole nitrogens is 1. The van der Waals surface area contributed by atoms with Gasteiger partial charge >= 0.3 is 5.97 Å². The molecule has 2 N–H and O–H groups in total. The number of aromatic nitrogens is 2. The second-order valence-electron chi connectivity index (χ2n) is 4.76. The Hall–Kier alpha value is -2.62. The van der Waals surface area contributed by atoms with Gasteiger partial charge in [0.25, 0.3) is 0 Å². The maximum absolute atomic E-state index is 11.2. The minimum atomic E-state index is -0.957. The Balaban J connectivity index is 2.10. The number of fused-ring (bicyclic) bond motifs is 1. The van der Waals surface area contributed by atoms with E-state index in [0.717, 1.165) is 16.9 Å². The second kappa shape index (κ2) is 4.81. The summed E-state index contributed by atoms with van der Waals surface area (Å²) >= 11 is 0. The van der Waals surface area contributed by atoms with Crippen molar-refractivity contribution in [2.75, 3.05) is 0 Å². The number of nitrogens with one attached hydrogen (secondary N) is 1. The number of hydrogen-bond acceptors (Lipinski definition) is 2. The van der Waals surface area contributed by atoms with Crippen LogP contribution in [-0.4, -0.2) is 21.0 Å². The highest BCUT2D eigenvalue weighted by Crippen LogP contribution is 2.25. The van der Waals surface area contributed by atoms with Crippen LogP contribution in [0, 0.1) is 0 Å². The van der Waals surface area contributed by atoms with E-state index in [1.807, 2.05) is 43.3 Å². The van der Waals surface area contributed by atoms with Crippen molar-refractivity contribution in [1.82, 2.24) is 9.97 Å². The monoisotopic (exact) mass is 266 g/mol. The highest BCUT2D eigenvalue weighted by Gasteiger charge is 2.16. The van der Waals surface area contributed by atoms with Gasteiger partial charge in [-0.05, 0) is 17.7 Å². The molecular formula is C16H14N2O2. The van der Waals surface area contributed by atoms with Gasteiger partial charge < -0.3 is 10.1 Å². The van der Waals surface area contributed by atoms with Gasteiger partial charge in [0.15, 0.2) is 0 Å². The van der Waals surface area contributed by atoms with Crippen molar-refractivity contribution in [3.05, 3.63) is 65.5 Å². The first-order valence-corrected chi connectivity index (χ1v) is 6.43. The van der Waals surface area contributed by atoms with Crippen LogP contribution in [-0.2, 0) is 0 Å². The van der Waals surface area contributed by atoms with E-state index in [4.69, 9.17) is 0 Å². The van der Waals surface area contributed by atoms with Gasteiger partial charge in [-0.2, -0.15) is 0 Å². The van der Waals surface area contributed by atoms with E-state index >= 15 is 0 Å². The normalized spacial score (nSPS) is 12.4. The SMILES string of the molecule is CC(c1ccccc1)c1nc2c(C(=O)O)cccc2[nH]1. The van der Waals surface area contributed by atoms with E-state index in [1.54, 1.807) is 12.1 Å². The Bertz CT molecular complexity index is 763. The van der Waals surface area contributed by atoms with Gasteiger partial charge in [-0.25, -0.2) is 9.78 Å². The molecule has 3 aromatic rings. The molecule has 1 unspecified atom stereocenters. The molecule has 4 nitrogen and oxygen atoms in total. The van der Waals surface area contributed by atoms with Gasteiger partial charge in [-0.1, -0.05) is 43.3 Å². The largest absolute Gasteiger partial charge is 0.478 e. The molecule has 2 aromatic carbocycles. The quantitative estimate of drug-likeness (QED) is 0.763. The Morgan fingerprint density at radius 1 is 1.15 bits per heavy atom. The molecule has 1 heterocycles. The number of carboxylic acids is 1. The molecule has 1 aromatic heterocycles. The minimum Gasteiger partial charge on any atom is -0.478 e. The van der Waals surface area contributed by atoms with Crippen molar-refractivity contribution >= 4 is 17.0 Å². The average Bonchev–Trinajstić information content (AvgIpc) is 2.90. The van der Waals surface area contributed by atoms with Crippen molar-refractivity contribution < 1.29 is 9.90 Å². The molecule has 3 rings (SSSR count). The second-order valence-corrected chi connectivity index (χ2v) is 4.76. The first-order valence-electron chi connectivity index (χ1n) is 6.43. The van der Waals surface area contributed by atoms with E-state index in [0.29, 0.717) is 5.52 Å². The van der Waals surface area contributed by atoms with E-state index < -0.39 is 5.97 Å². The topological polar surface area (TPSA) is 66.0 Å². The number of benzene rings is 2. The zero-order chi connectivity index (χ0) is 14.1. The molecule has 0 aliphatic heterocycles. The van der Waals surface area contributed by atoms with Gasteiger partial charge in [0.1, 0.15) is 11.3 Å². The molecular weight excluding hydrogens is 252 g/mol. The third-order valence-electron chi connectivity index (χ3n) is 3.47. The number of carbonyl (C=O) groups is 1. The lowest BCUT2D eigenvalue weighted by atomic mass is 10.0. The fourth-order valence-corrected chi connectivity index (χ4v) is 2.33. The number of para-hydroxylation sites is 1. The molecule has 0 aliphatic carbocycles. The summed E-state index contributed by atoms with van der Waals surface area (Å²) in [5, 5.41) is 9.19. The highest BCUT2D eigenvalue weighted by atomic mass is 16.4. The number of hydrogen-bond donors (Lipinski definition) is 2. The minimum absolute atomic E-state index is 0.0882. The Kier molecular flexibility index (Phi) is 2.99. The molecule has 100 valence electrons. The number of aromatic amines is 1. The molecule has 0 radical (unpaired) electrons. The van der Waals surface area contributed by atoms with Crippen LogP contribution in [0.4, 0.5) is 0 Å². The van der Waals surface area contributed by atoms with Gasteiger partial charge in [-0.15, -0.1) is 0 Å². The van der Waals surface area contributed by atoms with Crippen LogP contribution in [0.15, 0.2) is 48.5 Å². The summed E-state index contributed by atoms with van der Waals surface area (Å²) in [5.41, 5.74) is 2.63. The predicted molar refractivity (Wildman–Crippen MR) is 77.0 cm³/mol. The van der Waals surface area contributed by atoms with E-state index in [-0.39, 0.29) is 11.5 Å². The zero-order valence-electron chi connectivity index (χ0n) is 11.0. The molecule has 0 amide bonds. The summed E-state index contributed by atoms with van der Waals surface area (Å²) in [6, 6.07) is 15.1. The number of aromatic carboxylic acids is 1. The molecule has 4 heteroatoms. The summed E-state index contributed by atoms with van der Waals surface area (Å²) in [5.74, 6) is -0.0915. The van der Waals surface area contributed by atoms with Crippen molar-refractivity contribution in [3.63, 3.8) is 0 Å². The van der Waals surface area contributed by atoms with E-state index in [1.165, 1.54) is 0 Å². The summed E-state index contributed by atoms with van der Waals surface area (Å²) in [7, 11) is 0. The molecule has 0 spiro atoms.